The van der Waals surface area contributed by atoms with Gasteiger partial charge in [0, 0.05) is 30.9 Å². The van der Waals surface area contributed by atoms with Crippen molar-refractivity contribution in [1.82, 2.24) is 15.3 Å². The zero-order valence-electron chi connectivity index (χ0n) is 9.95. The van der Waals surface area contributed by atoms with Crippen LogP contribution < -0.4 is 10.6 Å². The van der Waals surface area contributed by atoms with E-state index < -0.39 is 0 Å². The van der Waals surface area contributed by atoms with Crippen LogP contribution in [-0.2, 0) is 4.79 Å². The van der Waals surface area contributed by atoms with Crippen molar-refractivity contribution in [3.05, 3.63) is 18.6 Å². The first-order valence-electron chi connectivity index (χ1n) is 5.28. The summed E-state index contributed by atoms with van der Waals surface area (Å²) in [6.07, 6.45) is 4.88. The van der Waals surface area contributed by atoms with Gasteiger partial charge >= 0.3 is 0 Å². The molecule has 16 heavy (non-hydrogen) atoms. The van der Waals surface area contributed by atoms with E-state index in [4.69, 9.17) is 0 Å². The third kappa shape index (κ3) is 4.25. The van der Waals surface area contributed by atoms with Crippen LogP contribution in [0.15, 0.2) is 18.6 Å². The zero-order valence-corrected chi connectivity index (χ0v) is 9.95. The number of aromatic nitrogens is 2. The molecule has 1 aromatic heterocycles. The van der Waals surface area contributed by atoms with E-state index in [1.54, 1.807) is 18.6 Å². The van der Waals surface area contributed by atoms with Crippen LogP contribution in [0.1, 0.15) is 20.8 Å². The fourth-order valence-electron chi connectivity index (χ4n) is 1.02. The van der Waals surface area contributed by atoms with E-state index in [0.717, 1.165) is 0 Å². The van der Waals surface area contributed by atoms with Crippen LogP contribution >= 0.6 is 0 Å². The van der Waals surface area contributed by atoms with Crippen molar-refractivity contribution >= 4 is 11.7 Å². The molecular formula is C11H18N4O. The Morgan fingerprint density at radius 2 is 2.06 bits per heavy atom. The van der Waals surface area contributed by atoms with Gasteiger partial charge in [-0.1, -0.05) is 20.8 Å². The molecule has 1 aromatic rings. The van der Waals surface area contributed by atoms with Gasteiger partial charge in [0.25, 0.3) is 0 Å². The van der Waals surface area contributed by atoms with Gasteiger partial charge in [0.1, 0.15) is 5.82 Å². The molecular weight excluding hydrogens is 204 g/mol. The van der Waals surface area contributed by atoms with Crippen molar-refractivity contribution in [2.75, 3.05) is 18.4 Å². The molecule has 0 aliphatic heterocycles. The first-order chi connectivity index (χ1) is 7.50. The lowest BCUT2D eigenvalue weighted by Gasteiger charge is -2.17. The molecule has 5 heteroatoms. The summed E-state index contributed by atoms with van der Waals surface area (Å²) in [6.45, 7) is 6.88. The van der Waals surface area contributed by atoms with Crippen molar-refractivity contribution < 1.29 is 4.79 Å². The van der Waals surface area contributed by atoms with E-state index in [0.29, 0.717) is 18.9 Å². The maximum absolute atomic E-state index is 11.5. The summed E-state index contributed by atoms with van der Waals surface area (Å²) < 4.78 is 0. The number of amides is 1. The van der Waals surface area contributed by atoms with E-state index in [-0.39, 0.29) is 11.3 Å². The van der Waals surface area contributed by atoms with Gasteiger partial charge in [-0.25, -0.2) is 4.98 Å². The van der Waals surface area contributed by atoms with Crippen LogP contribution in [0, 0.1) is 5.41 Å². The lowest BCUT2D eigenvalue weighted by molar-refractivity contribution is -0.128. The van der Waals surface area contributed by atoms with E-state index in [1.165, 1.54) is 0 Å². The first kappa shape index (κ1) is 12.4. The Morgan fingerprint density at radius 1 is 1.31 bits per heavy atom. The van der Waals surface area contributed by atoms with E-state index in [1.807, 2.05) is 20.8 Å². The minimum absolute atomic E-state index is 0.0495. The molecule has 0 unspecified atom stereocenters. The zero-order chi connectivity index (χ0) is 12.0. The summed E-state index contributed by atoms with van der Waals surface area (Å²) in [5.41, 5.74) is -0.341. The monoisotopic (exact) mass is 222 g/mol. The molecule has 88 valence electrons. The van der Waals surface area contributed by atoms with Crippen molar-refractivity contribution in [1.29, 1.82) is 0 Å². The van der Waals surface area contributed by atoms with Crippen LogP contribution in [-0.4, -0.2) is 29.0 Å². The minimum atomic E-state index is -0.341. The standard InChI is InChI=1S/C11H18N4O/c1-11(2,3)10(16)15-7-6-14-9-8-12-4-5-13-9/h4-5,8H,6-7H2,1-3H3,(H,13,14)(H,15,16). The van der Waals surface area contributed by atoms with Crippen LogP contribution in [0.25, 0.3) is 0 Å². The molecule has 5 nitrogen and oxygen atoms in total. The Kier molecular flexibility index (Phi) is 4.22. The van der Waals surface area contributed by atoms with Gasteiger partial charge in [0.2, 0.25) is 5.91 Å². The van der Waals surface area contributed by atoms with Gasteiger partial charge in [-0.2, -0.15) is 0 Å². The summed E-state index contributed by atoms with van der Waals surface area (Å²) in [5, 5.41) is 5.91. The molecule has 0 fully saturated rings. The molecule has 2 N–H and O–H groups in total. The molecule has 0 aliphatic carbocycles. The predicted octanol–water partition coefficient (Wildman–Crippen LogP) is 1.05. The second-order valence-electron chi connectivity index (χ2n) is 4.52. The number of nitrogens with one attached hydrogen (secondary N) is 2. The van der Waals surface area contributed by atoms with Gasteiger partial charge in [0.05, 0.1) is 6.20 Å². The maximum atomic E-state index is 11.5. The van der Waals surface area contributed by atoms with E-state index in [9.17, 15) is 4.79 Å². The molecule has 0 aliphatic rings. The average Bonchev–Trinajstić information content (AvgIpc) is 2.24. The van der Waals surface area contributed by atoms with Gasteiger partial charge in [0.15, 0.2) is 0 Å². The number of rotatable bonds is 4. The Bertz CT molecular complexity index is 332. The summed E-state index contributed by atoms with van der Waals surface area (Å²) in [7, 11) is 0. The Labute approximate surface area is 95.7 Å². The quantitative estimate of drug-likeness (QED) is 0.747. The molecule has 0 spiro atoms. The lowest BCUT2D eigenvalue weighted by atomic mass is 9.96. The van der Waals surface area contributed by atoms with Crippen LogP contribution in [0.2, 0.25) is 0 Å². The van der Waals surface area contributed by atoms with Crippen LogP contribution in [0.4, 0.5) is 5.82 Å². The summed E-state index contributed by atoms with van der Waals surface area (Å²) in [6, 6.07) is 0. The summed E-state index contributed by atoms with van der Waals surface area (Å²) >= 11 is 0. The highest BCUT2D eigenvalue weighted by atomic mass is 16.2. The van der Waals surface area contributed by atoms with Crippen molar-refractivity contribution in [2.45, 2.75) is 20.8 Å². The van der Waals surface area contributed by atoms with Crippen molar-refractivity contribution in [3.8, 4) is 0 Å². The molecule has 1 heterocycles. The lowest BCUT2D eigenvalue weighted by Crippen LogP contribution is -2.37. The molecule has 1 rings (SSSR count). The van der Waals surface area contributed by atoms with Gasteiger partial charge < -0.3 is 10.6 Å². The molecule has 0 saturated heterocycles. The number of hydrogen-bond acceptors (Lipinski definition) is 4. The maximum Gasteiger partial charge on any atom is 0.225 e. The Morgan fingerprint density at radius 3 is 2.62 bits per heavy atom. The highest BCUT2D eigenvalue weighted by Crippen LogP contribution is 2.11. The van der Waals surface area contributed by atoms with Gasteiger partial charge in [-0.3, -0.25) is 9.78 Å². The molecule has 0 atom stereocenters. The molecule has 0 aromatic carbocycles. The third-order valence-corrected chi connectivity index (χ3v) is 1.96. The Hall–Kier alpha value is -1.65. The second kappa shape index (κ2) is 5.44. The normalized spacial score (nSPS) is 10.9. The average molecular weight is 222 g/mol. The highest BCUT2D eigenvalue weighted by Gasteiger charge is 2.19. The van der Waals surface area contributed by atoms with Crippen molar-refractivity contribution in [3.63, 3.8) is 0 Å². The smallest absolute Gasteiger partial charge is 0.225 e. The fourth-order valence-corrected chi connectivity index (χ4v) is 1.02. The second-order valence-corrected chi connectivity index (χ2v) is 4.52. The summed E-state index contributed by atoms with van der Waals surface area (Å²) in [5.74, 6) is 0.765. The molecule has 0 bridgehead atoms. The Balaban J connectivity index is 2.20. The number of anilines is 1. The molecule has 0 saturated carbocycles. The largest absolute Gasteiger partial charge is 0.367 e. The number of carbonyl (C=O) groups excluding carboxylic acids is 1. The topological polar surface area (TPSA) is 66.9 Å². The number of nitrogens with zero attached hydrogens (tertiary/aromatic N) is 2. The van der Waals surface area contributed by atoms with Crippen molar-refractivity contribution in [2.24, 2.45) is 5.41 Å². The van der Waals surface area contributed by atoms with Gasteiger partial charge in [-0.05, 0) is 0 Å². The predicted molar refractivity (Wildman–Crippen MR) is 63.0 cm³/mol. The van der Waals surface area contributed by atoms with Crippen LogP contribution in [0.5, 0.6) is 0 Å². The van der Waals surface area contributed by atoms with E-state index in [2.05, 4.69) is 20.6 Å². The minimum Gasteiger partial charge on any atom is -0.367 e. The number of hydrogen-bond donors (Lipinski definition) is 2. The molecule has 1 amide bonds. The SMILES string of the molecule is CC(C)(C)C(=O)NCCNc1cnccn1. The molecule has 0 radical (unpaired) electrons. The number of carbonyl (C=O) groups is 1. The fraction of sp³-hybridized carbons (Fsp3) is 0.545. The summed E-state index contributed by atoms with van der Waals surface area (Å²) in [4.78, 5) is 19.5. The third-order valence-electron chi connectivity index (χ3n) is 1.96. The van der Waals surface area contributed by atoms with E-state index >= 15 is 0 Å². The highest BCUT2D eigenvalue weighted by molar-refractivity contribution is 5.81. The first-order valence-corrected chi connectivity index (χ1v) is 5.28. The van der Waals surface area contributed by atoms with Gasteiger partial charge in [-0.15, -0.1) is 0 Å². The van der Waals surface area contributed by atoms with Crippen LogP contribution in [0.3, 0.4) is 0 Å².